The van der Waals surface area contributed by atoms with E-state index in [4.69, 9.17) is 5.73 Å². The molecule has 82 valence electrons. The first-order valence-corrected chi connectivity index (χ1v) is 6.24. The summed E-state index contributed by atoms with van der Waals surface area (Å²) in [6.07, 6.45) is 8.28. The fraction of sp³-hybridized carbons (Fsp3) is 1.00. The fourth-order valence-corrected chi connectivity index (χ4v) is 2.97. The van der Waals surface area contributed by atoms with E-state index in [2.05, 4.69) is 11.8 Å². The van der Waals surface area contributed by atoms with Crippen LogP contribution < -0.4 is 5.73 Å². The quantitative estimate of drug-likeness (QED) is 0.728. The van der Waals surface area contributed by atoms with Crippen LogP contribution in [0.15, 0.2) is 0 Å². The molecule has 2 N–H and O–H groups in total. The molecular formula is C12H24N2. The number of rotatable bonds is 5. The molecule has 0 aromatic heterocycles. The molecule has 1 unspecified atom stereocenters. The lowest BCUT2D eigenvalue weighted by atomic mass is 10.0. The molecule has 2 fully saturated rings. The van der Waals surface area contributed by atoms with Gasteiger partial charge in [-0.15, -0.1) is 0 Å². The minimum Gasteiger partial charge on any atom is -0.330 e. The number of likely N-dealkylation sites (tertiary alicyclic amines) is 1. The van der Waals surface area contributed by atoms with Gasteiger partial charge in [0.15, 0.2) is 0 Å². The van der Waals surface area contributed by atoms with Crippen molar-refractivity contribution in [3.8, 4) is 0 Å². The number of nitrogens with zero attached hydrogens (tertiary/aromatic N) is 1. The Morgan fingerprint density at radius 3 is 2.79 bits per heavy atom. The van der Waals surface area contributed by atoms with E-state index in [0.717, 1.165) is 12.6 Å². The van der Waals surface area contributed by atoms with Crippen LogP contribution in [-0.4, -0.2) is 30.6 Å². The lowest BCUT2D eigenvalue weighted by Crippen LogP contribution is -2.35. The van der Waals surface area contributed by atoms with Gasteiger partial charge in [-0.3, -0.25) is 4.90 Å². The first-order chi connectivity index (χ1) is 6.79. The molecule has 0 radical (unpaired) electrons. The third-order valence-electron chi connectivity index (χ3n) is 4.14. The average Bonchev–Trinajstić information content (AvgIpc) is 2.79. The van der Waals surface area contributed by atoms with E-state index in [1.54, 1.807) is 0 Å². The third-order valence-corrected chi connectivity index (χ3v) is 4.14. The molecule has 1 atom stereocenters. The monoisotopic (exact) mass is 196 g/mol. The van der Waals surface area contributed by atoms with E-state index in [-0.39, 0.29) is 0 Å². The van der Waals surface area contributed by atoms with Crippen LogP contribution in [-0.2, 0) is 0 Å². The molecule has 2 heteroatoms. The molecule has 2 nitrogen and oxygen atoms in total. The number of hydrogen-bond acceptors (Lipinski definition) is 2. The Hall–Kier alpha value is -0.0800. The molecule has 2 aliphatic rings. The van der Waals surface area contributed by atoms with Crippen molar-refractivity contribution in [1.29, 1.82) is 0 Å². The lowest BCUT2D eigenvalue weighted by Gasteiger charge is -2.28. The summed E-state index contributed by atoms with van der Waals surface area (Å²) in [6.45, 7) is 5.88. The van der Waals surface area contributed by atoms with Gasteiger partial charge in [0, 0.05) is 12.6 Å². The van der Waals surface area contributed by atoms with Gasteiger partial charge in [-0.1, -0.05) is 6.92 Å². The van der Waals surface area contributed by atoms with Gasteiger partial charge in [0.25, 0.3) is 0 Å². The highest BCUT2D eigenvalue weighted by Crippen LogP contribution is 2.49. The van der Waals surface area contributed by atoms with Crippen LogP contribution in [0.25, 0.3) is 0 Å². The van der Waals surface area contributed by atoms with Gasteiger partial charge in [-0.25, -0.2) is 0 Å². The lowest BCUT2D eigenvalue weighted by molar-refractivity contribution is 0.194. The second-order valence-corrected chi connectivity index (χ2v) is 5.21. The molecule has 1 saturated heterocycles. The van der Waals surface area contributed by atoms with Crippen molar-refractivity contribution < 1.29 is 0 Å². The van der Waals surface area contributed by atoms with Crippen molar-refractivity contribution in [3.05, 3.63) is 0 Å². The normalized spacial score (nSPS) is 30.9. The molecule has 1 saturated carbocycles. The number of hydrogen-bond donors (Lipinski definition) is 1. The molecule has 0 amide bonds. The Balaban J connectivity index is 1.84. The van der Waals surface area contributed by atoms with E-state index < -0.39 is 0 Å². The van der Waals surface area contributed by atoms with Crippen molar-refractivity contribution >= 4 is 0 Å². The molecule has 2 rings (SSSR count). The van der Waals surface area contributed by atoms with E-state index >= 15 is 0 Å². The van der Waals surface area contributed by atoms with Gasteiger partial charge in [0.1, 0.15) is 0 Å². The Kier molecular flexibility index (Phi) is 3.13. The predicted molar refractivity (Wildman–Crippen MR) is 60.2 cm³/mol. The summed E-state index contributed by atoms with van der Waals surface area (Å²) < 4.78 is 0. The Bertz CT molecular complexity index is 187. The van der Waals surface area contributed by atoms with Gasteiger partial charge < -0.3 is 5.73 Å². The first-order valence-electron chi connectivity index (χ1n) is 6.24. The van der Waals surface area contributed by atoms with Crippen LogP contribution in [0.2, 0.25) is 0 Å². The predicted octanol–water partition coefficient (Wildman–Crippen LogP) is 1.99. The largest absolute Gasteiger partial charge is 0.330 e. The summed E-state index contributed by atoms with van der Waals surface area (Å²) in [5.74, 6) is 0. The fourth-order valence-electron chi connectivity index (χ4n) is 2.97. The van der Waals surface area contributed by atoms with E-state index in [9.17, 15) is 0 Å². The van der Waals surface area contributed by atoms with Gasteiger partial charge >= 0.3 is 0 Å². The van der Waals surface area contributed by atoms with Crippen molar-refractivity contribution in [1.82, 2.24) is 4.90 Å². The summed E-state index contributed by atoms with van der Waals surface area (Å²) in [4.78, 5) is 2.72. The van der Waals surface area contributed by atoms with Crippen molar-refractivity contribution in [2.24, 2.45) is 11.1 Å². The maximum Gasteiger partial charge on any atom is 0.00933 e. The average molecular weight is 196 g/mol. The molecule has 0 spiro atoms. The zero-order valence-electron chi connectivity index (χ0n) is 9.47. The van der Waals surface area contributed by atoms with Crippen molar-refractivity contribution in [2.75, 3.05) is 19.6 Å². The highest BCUT2D eigenvalue weighted by Gasteiger charge is 2.44. The zero-order valence-corrected chi connectivity index (χ0v) is 9.47. The zero-order chi connectivity index (χ0) is 10.0. The summed E-state index contributed by atoms with van der Waals surface area (Å²) in [5.41, 5.74) is 6.32. The Labute approximate surface area is 87.8 Å². The van der Waals surface area contributed by atoms with Gasteiger partial charge in [0.05, 0.1) is 0 Å². The minimum atomic E-state index is 0.645. The SMILES string of the molecule is CCC1CCCN1CC1(CCN)CC1. The summed E-state index contributed by atoms with van der Waals surface area (Å²) in [7, 11) is 0. The van der Waals surface area contributed by atoms with Crippen molar-refractivity contribution in [3.63, 3.8) is 0 Å². The van der Waals surface area contributed by atoms with Crippen LogP contribution in [0.1, 0.15) is 45.4 Å². The maximum atomic E-state index is 5.68. The highest BCUT2D eigenvalue weighted by atomic mass is 15.2. The van der Waals surface area contributed by atoms with Gasteiger partial charge in [0.2, 0.25) is 0 Å². The summed E-state index contributed by atoms with van der Waals surface area (Å²) >= 11 is 0. The molecule has 14 heavy (non-hydrogen) atoms. The minimum absolute atomic E-state index is 0.645. The molecule has 1 aliphatic heterocycles. The van der Waals surface area contributed by atoms with E-state index in [1.807, 2.05) is 0 Å². The van der Waals surface area contributed by atoms with Crippen molar-refractivity contribution in [2.45, 2.75) is 51.5 Å². The standard InChI is InChI=1S/C12H24N2/c1-2-11-4-3-9-14(11)10-12(5-6-12)7-8-13/h11H,2-10,13H2,1H3. The highest BCUT2D eigenvalue weighted by molar-refractivity contribution is 4.97. The maximum absolute atomic E-state index is 5.68. The molecule has 0 bridgehead atoms. The smallest absolute Gasteiger partial charge is 0.00933 e. The van der Waals surface area contributed by atoms with Crippen LogP contribution in [0, 0.1) is 5.41 Å². The van der Waals surface area contributed by atoms with Crippen LogP contribution >= 0.6 is 0 Å². The van der Waals surface area contributed by atoms with Gasteiger partial charge in [-0.2, -0.15) is 0 Å². The van der Waals surface area contributed by atoms with E-state index in [0.29, 0.717) is 5.41 Å². The molecule has 0 aromatic rings. The third kappa shape index (κ3) is 2.12. The Morgan fingerprint density at radius 2 is 2.21 bits per heavy atom. The number of nitrogens with two attached hydrogens (primary N) is 1. The first kappa shape index (κ1) is 10.4. The molecule has 1 heterocycles. The molecule has 0 aromatic carbocycles. The topological polar surface area (TPSA) is 29.3 Å². The second kappa shape index (κ2) is 4.19. The van der Waals surface area contributed by atoms with E-state index in [1.165, 1.54) is 51.6 Å². The van der Waals surface area contributed by atoms with Crippen LogP contribution in [0.4, 0.5) is 0 Å². The Morgan fingerprint density at radius 1 is 1.43 bits per heavy atom. The second-order valence-electron chi connectivity index (χ2n) is 5.21. The summed E-state index contributed by atoms with van der Waals surface area (Å²) in [6, 6.07) is 0.880. The molecule has 1 aliphatic carbocycles. The molecular weight excluding hydrogens is 172 g/mol. The van der Waals surface area contributed by atoms with Crippen LogP contribution in [0.5, 0.6) is 0 Å². The summed E-state index contributed by atoms with van der Waals surface area (Å²) in [5, 5.41) is 0. The van der Waals surface area contributed by atoms with Gasteiger partial charge in [-0.05, 0) is 57.0 Å². The van der Waals surface area contributed by atoms with Crippen LogP contribution in [0.3, 0.4) is 0 Å².